The van der Waals surface area contributed by atoms with Crippen LogP contribution < -0.4 is 21.7 Å². The van der Waals surface area contributed by atoms with Gasteiger partial charge >= 0.3 is 0 Å². The molecule has 0 bridgehead atoms. The molecule has 3 rings (SSSR count). The smallest absolute Gasteiger partial charge is 0.200 e. The van der Waals surface area contributed by atoms with E-state index in [4.69, 9.17) is 5.73 Å². The summed E-state index contributed by atoms with van der Waals surface area (Å²) in [7, 11) is 0. The number of halogens is 1. The van der Waals surface area contributed by atoms with Crippen LogP contribution in [0, 0.1) is 5.82 Å². The molecule has 1 atom stereocenters. The molecule has 1 aromatic carbocycles. The number of nitrogens with zero attached hydrogens (tertiary/aromatic N) is 1. The summed E-state index contributed by atoms with van der Waals surface area (Å²) in [6, 6.07) is 6.31. The SMILES string of the molecule is NC1N=C(Nc2cccc(F)c2)NC2(CCCCC2)N1. The zero-order chi connectivity index (χ0) is 14.0. The molecule has 1 fully saturated rings. The van der Waals surface area contributed by atoms with Gasteiger partial charge in [0.15, 0.2) is 12.2 Å². The maximum Gasteiger partial charge on any atom is 0.200 e. The van der Waals surface area contributed by atoms with Crippen molar-refractivity contribution in [2.24, 2.45) is 10.7 Å². The van der Waals surface area contributed by atoms with E-state index in [1.54, 1.807) is 12.1 Å². The van der Waals surface area contributed by atoms with Gasteiger partial charge in [0.2, 0.25) is 0 Å². The summed E-state index contributed by atoms with van der Waals surface area (Å²) in [4.78, 5) is 4.30. The van der Waals surface area contributed by atoms with E-state index in [0.717, 1.165) is 12.8 Å². The number of aliphatic imine (C=N–C) groups is 1. The quantitative estimate of drug-likeness (QED) is 0.630. The molecule has 5 nitrogen and oxygen atoms in total. The summed E-state index contributed by atoms with van der Waals surface area (Å²) in [6.45, 7) is 0. The Kier molecular flexibility index (Phi) is 3.58. The average molecular weight is 277 g/mol. The molecule has 20 heavy (non-hydrogen) atoms. The lowest BCUT2D eigenvalue weighted by Crippen LogP contribution is -2.68. The number of nitrogens with one attached hydrogen (secondary N) is 3. The number of hydrogen-bond acceptors (Lipinski definition) is 5. The predicted octanol–water partition coefficient (Wildman–Crippen LogP) is 1.69. The molecule has 1 spiro atoms. The first-order chi connectivity index (χ1) is 9.65. The van der Waals surface area contributed by atoms with Crippen LogP contribution in [-0.2, 0) is 0 Å². The maximum absolute atomic E-state index is 13.2. The minimum Gasteiger partial charge on any atom is -0.338 e. The number of anilines is 1. The summed E-state index contributed by atoms with van der Waals surface area (Å²) in [6.07, 6.45) is 5.18. The summed E-state index contributed by atoms with van der Waals surface area (Å²) in [5.74, 6) is 0.324. The fourth-order valence-electron chi connectivity index (χ4n) is 2.94. The molecule has 1 aromatic rings. The van der Waals surface area contributed by atoms with Crippen LogP contribution in [0.15, 0.2) is 29.3 Å². The molecule has 1 aliphatic carbocycles. The van der Waals surface area contributed by atoms with Gasteiger partial charge in [-0.05, 0) is 43.9 Å². The third-order valence-corrected chi connectivity index (χ3v) is 3.84. The Balaban J connectivity index is 1.75. The van der Waals surface area contributed by atoms with Gasteiger partial charge in [-0.2, -0.15) is 0 Å². The average Bonchev–Trinajstić information content (AvgIpc) is 2.38. The van der Waals surface area contributed by atoms with E-state index >= 15 is 0 Å². The van der Waals surface area contributed by atoms with Crippen molar-refractivity contribution < 1.29 is 4.39 Å². The first-order valence-electron chi connectivity index (χ1n) is 7.07. The van der Waals surface area contributed by atoms with Crippen molar-refractivity contribution in [2.45, 2.75) is 44.1 Å². The van der Waals surface area contributed by atoms with E-state index in [-0.39, 0.29) is 11.5 Å². The zero-order valence-corrected chi connectivity index (χ0v) is 11.3. The molecule has 0 aromatic heterocycles. The summed E-state index contributed by atoms with van der Waals surface area (Å²) >= 11 is 0. The van der Waals surface area contributed by atoms with E-state index in [0.29, 0.717) is 11.6 Å². The third kappa shape index (κ3) is 2.91. The van der Waals surface area contributed by atoms with E-state index in [2.05, 4.69) is 20.9 Å². The van der Waals surface area contributed by atoms with Gasteiger partial charge < -0.3 is 10.6 Å². The van der Waals surface area contributed by atoms with Gasteiger partial charge in [-0.1, -0.05) is 12.5 Å². The lowest BCUT2D eigenvalue weighted by molar-refractivity contribution is 0.179. The van der Waals surface area contributed by atoms with Crippen LogP contribution >= 0.6 is 0 Å². The molecule has 0 radical (unpaired) electrons. The van der Waals surface area contributed by atoms with Crippen molar-refractivity contribution in [3.8, 4) is 0 Å². The van der Waals surface area contributed by atoms with Crippen LogP contribution in [0.4, 0.5) is 10.1 Å². The Labute approximate surface area is 117 Å². The first kappa shape index (κ1) is 13.3. The fourth-order valence-corrected chi connectivity index (χ4v) is 2.94. The molecule has 1 saturated carbocycles. The van der Waals surface area contributed by atoms with Crippen molar-refractivity contribution >= 4 is 11.6 Å². The monoisotopic (exact) mass is 277 g/mol. The van der Waals surface area contributed by atoms with Gasteiger partial charge in [0.05, 0.1) is 5.66 Å². The van der Waals surface area contributed by atoms with Crippen LogP contribution in [0.1, 0.15) is 32.1 Å². The van der Waals surface area contributed by atoms with Gasteiger partial charge in [-0.25, -0.2) is 9.38 Å². The highest BCUT2D eigenvalue weighted by atomic mass is 19.1. The Hall–Kier alpha value is -1.66. The molecule has 1 unspecified atom stereocenters. The summed E-state index contributed by atoms with van der Waals surface area (Å²) in [5, 5.41) is 9.82. The van der Waals surface area contributed by atoms with Crippen molar-refractivity contribution in [2.75, 3.05) is 5.32 Å². The highest BCUT2D eigenvalue weighted by Gasteiger charge is 2.36. The first-order valence-corrected chi connectivity index (χ1v) is 7.07. The van der Waals surface area contributed by atoms with Crippen LogP contribution in [-0.4, -0.2) is 17.9 Å². The summed E-state index contributed by atoms with van der Waals surface area (Å²) < 4.78 is 13.2. The van der Waals surface area contributed by atoms with Crippen LogP contribution in [0.2, 0.25) is 0 Å². The Bertz CT molecular complexity index is 510. The second-order valence-corrected chi connectivity index (χ2v) is 5.47. The molecule has 0 saturated heterocycles. The molecule has 1 aliphatic heterocycles. The fraction of sp³-hybridized carbons (Fsp3) is 0.500. The number of rotatable bonds is 1. The Morgan fingerprint density at radius 3 is 2.85 bits per heavy atom. The van der Waals surface area contributed by atoms with Gasteiger partial charge in [-0.15, -0.1) is 0 Å². The molecular weight excluding hydrogens is 257 g/mol. The van der Waals surface area contributed by atoms with E-state index in [9.17, 15) is 4.39 Å². The predicted molar refractivity (Wildman–Crippen MR) is 77.5 cm³/mol. The van der Waals surface area contributed by atoms with E-state index < -0.39 is 6.29 Å². The van der Waals surface area contributed by atoms with E-state index in [1.807, 2.05) is 0 Å². The molecule has 5 N–H and O–H groups in total. The standard InChI is InChI=1S/C14H20FN5/c15-10-5-4-6-11(9-10)17-13-18-12(16)19-14(20-13)7-2-1-3-8-14/h4-6,9,12,19H,1-3,7-8,16H2,(H2,17,18,20). The van der Waals surface area contributed by atoms with Gasteiger partial charge in [0.1, 0.15) is 5.82 Å². The molecule has 0 amide bonds. The second kappa shape index (κ2) is 5.38. The Morgan fingerprint density at radius 1 is 1.30 bits per heavy atom. The molecular formula is C14H20FN5. The largest absolute Gasteiger partial charge is 0.338 e. The Morgan fingerprint density at radius 2 is 2.10 bits per heavy atom. The normalized spacial score (nSPS) is 24.9. The van der Waals surface area contributed by atoms with Crippen molar-refractivity contribution in [3.63, 3.8) is 0 Å². The summed E-state index contributed by atoms with van der Waals surface area (Å²) in [5.41, 5.74) is 6.44. The van der Waals surface area contributed by atoms with Gasteiger partial charge in [0, 0.05) is 5.69 Å². The number of nitrogens with two attached hydrogens (primary N) is 1. The number of guanidine groups is 1. The van der Waals surface area contributed by atoms with E-state index in [1.165, 1.54) is 31.4 Å². The highest BCUT2D eigenvalue weighted by Crippen LogP contribution is 2.27. The van der Waals surface area contributed by atoms with Gasteiger partial charge in [-0.3, -0.25) is 11.1 Å². The zero-order valence-electron chi connectivity index (χ0n) is 11.3. The minimum atomic E-state index is -0.439. The number of benzene rings is 1. The maximum atomic E-state index is 13.2. The molecule has 108 valence electrons. The third-order valence-electron chi connectivity index (χ3n) is 3.84. The topological polar surface area (TPSA) is 74.5 Å². The van der Waals surface area contributed by atoms with Crippen LogP contribution in [0.25, 0.3) is 0 Å². The number of hydrogen-bond donors (Lipinski definition) is 4. The second-order valence-electron chi connectivity index (χ2n) is 5.47. The molecule has 2 aliphatic rings. The van der Waals surface area contributed by atoms with Crippen molar-refractivity contribution in [1.82, 2.24) is 10.6 Å². The van der Waals surface area contributed by atoms with Crippen LogP contribution in [0.3, 0.4) is 0 Å². The molecule has 6 heteroatoms. The lowest BCUT2D eigenvalue weighted by atomic mass is 9.88. The minimum absolute atomic E-state index is 0.185. The van der Waals surface area contributed by atoms with Crippen molar-refractivity contribution in [1.29, 1.82) is 0 Å². The van der Waals surface area contributed by atoms with Gasteiger partial charge in [0.25, 0.3) is 0 Å². The van der Waals surface area contributed by atoms with Crippen molar-refractivity contribution in [3.05, 3.63) is 30.1 Å². The van der Waals surface area contributed by atoms with Crippen LogP contribution in [0.5, 0.6) is 0 Å². The molecule has 1 heterocycles. The highest BCUT2D eigenvalue weighted by molar-refractivity contribution is 5.94. The lowest BCUT2D eigenvalue weighted by Gasteiger charge is -2.44.